The van der Waals surface area contributed by atoms with Gasteiger partial charge in [-0.25, -0.2) is 8.78 Å². The topological polar surface area (TPSA) is 58.6 Å². The zero-order chi connectivity index (χ0) is 26.2. The molecule has 194 valence electrons. The van der Waals surface area contributed by atoms with Gasteiger partial charge in [0.1, 0.15) is 36.8 Å². The van der Waals surface area contributed by atoms with Gasteiger partial charge in [-0.3, -0.25) is 14.9 Å². The zero-order valence-corrected chi connectivity index (χ0v) is 19.8. The Balaban J connectivity index is 1.59. The molecule has 36 heavy (non-hydrogen) atoms. The van der Waals surface area contributed by atoms with Crippen molar-refractivity contribution in [3.05, 3.63) is 59.9 Å². The van der Waals surface area contributed by atoms with E-state index in [2.05, 4.69) is 5.32 Å². The third-order valence-electron chi connectivity index (χ3n) is 6.53. The largest absolute Gasteiger partial charge is 0.407 e. The maximum atomic E-state index is 14.4. The quantitative estimate of drug-likeness (QED) is 0.553. The second kappa shape index (κ2) is 10.3. The number of alkyl halides is 4. The van der Waals surface area contributed by atoms with Gasteiger partial charge in [-0.15, -0.1) is 0 Å². The molecule has 0 spiro atoms. The highest BCUT2D eigenvalue weighted by atomic mass is 19.4. The van der Waals surface area contributed by atoms with E-state index in [0.717, 1.165) is 4.90 Å². The molecule has 1 N–H and O–H groups in total. The van der Waals surface area contributed by atoms with Crippen molar-refractivity contribution < 1.29 is 36.3 Å². The van der Waals surface area contributed by atoms with Crippen LogP contribution in [-0.4, -0.2) is 60.3 Å². The number of nitrogens with zero attached hydrogens (tertiary/aromatic N) is 1. The molecule has 5 nitrogen and oxygen atoms in total. The van der Waals surface area contributed by atoms with E-state index < -0.39 is 60.6 Å². The van der Waals surface area contributed by atoms with Crippen molar-refractivity contribution in [3.8, 4) is 11.1 Å². The number of likely N-dealkylation sites (tertiary alicyclic amines) is 1. The van der Waals surface area contributed by atoms with Crippen LogP contribution in [0.3, 0.4) is 0 Å². The normalized spacial score (nSPS) is 23.7. The number of Topliss-reactive ketones (excluding diaryl/α,β-unsaturated/α-hetero) is 1. The minimum atomic E-state index is -4.74. The Bertz CT molecular complexity index is 1090. The van der Waals surface area contributed by atoms with Crippen molar-refractivity contribution in [1.82, 2.24) is 10.2 Å². The molecule has 2 heterocycles. The second-order valence-corrected chi connectivity index (χ2v) is 9.65. The highest BCUT2D eigenvalue weighted by Crippen LogP contribution is 2.36. The summed E-state index contributed by atoms with van der Waals surface area (Å²) in [6.07, 6.45) is -7.35. The van der Waals surface area contributed by atoms with E-state index in [4.69, 9.17) is 4.74 Å². The molecule has 2 aliphatic rings. The molecular weight excluding hydrogens is 483 g/mol. The zero-order valence-electron chi connectivity index (χ0n) is 19.8. The molecule has 4 rings (SSSR count). The van der Waals surface area contributed by atoms with Crippen LogP contribution >= 0.6 is 0 Å². The number of halogens is 5. The number of ketones is 1. The lowest BCUT2D eigenvalue weighted by molar-refractivity contribution is -0.163. The molecule has 0 radical (unpaired) electrons. The van der Waals surface area contributed by atoms with Crippen molar-refractivity contribution in [2.24, 2.45) is 5.92 Å². The van der Waals surface area contributed by atoms with Crippen LogP contribution in [0.5, 0.6) is 0 Å². The van der Waals surface area contributed by atoms with E-state index in [1.54, 1.807) is 13.8 Å². The van der Waals surface area contributed by atoms with Crippen LogP contribution in [0.25, 0.3) is 11.1 Å². The Labute approximate surface area is 205 Å². The molecule has 2 aliphatic heterocycles. The third-order valence-corrected chi connectivity index (χ3v) is 6.53. The Kier molecular flexibility index (Phi) is 7.47. The Morgan fingerprint density at radius 2 is 1.67 bits per heavy atom. The van der Waals surface area contributed by atoms with E-state index in [1.807, 2.05) is 0 Å². The van der Waals surface area contributed by atoms with Crippen LogP contribution < -0.4 is 5.32 Å². The number of hydrogen-bond donors (Lipinski definition) is 1. The number of carbonyl (C=O) groups is 2. The Morgan fingerprint density at radius 1 is 1.08 bits per heavy atom. The number of carbonyl (C=O) groups excluding carboxylic acids is 2. The van der Waals surface area contributed by atoms with Gasteiger partial charge in [0.25, 0.3) is 0 Å². The number of amides is 1. The van der Waals surface area contributed by atoms with Gasteiger partial charge in [0.2, 0.25) is 5.91 Å². The highest BCUT2D eigenvalue weighted by molar-refractivity contribution is 5.94. The summed E-state index contributed by atoms with van der Waals surface area (Å²) in [6.45, 7) is 2.79. The van der Waals surface area contributed by atoms with E-state index in [1.165, 1.54) is 48.5 Å². The van der Waals surface area contributed by atoms with E-state index in [-0.39, 0.29) is 24.5 Å². The predicted octanol–water partition coefficient (Wildman–Crippen LogP) is 4.62. The Morgan fingerprint density at radius 3 is 2.22 bits per heavy atom. The minimum Gasteiger partial charge on any atom is -0.365 e. The summed E-state index contributed by atoms with van der Waals surface area (Å²) >= 11 is 0. The van der Waals surface area contributed by atoms with E-state index >= 15 is 0 Å². The fourth-order valence-electron chi connectivity index (χ4n) is 4.83. The molecule has 2 saturated heterocycles. The first-order valence-corrected chi connectivity index (χ1v) is 11.7. The van der Waals surface area contributed by atoms with Gasteiger partial charge >= 0.3 is 6.18 Å². The van der Waals surface area contributed by atoms with Gasteiger partial charge in [-0.1, -0.05) is 50.2 Å². The van der Waals surface area contributed by atoms with Gasteiger partial charge in [0, 0.05) is 0 Å². The molecule has 5 atom stereocenters. The standard InChI is InChI=1S/C26H27F5N2O3/c1-14(2)11-20(25(35)33-12-19(28)23-22(33)21(34)13-36-23)32-24(26(29,30)31)17-5-3-15(4-6-17)16-7-9-18(27)10-8-16/h3-10,14,19-20,22-24,32H,11-13H2,1-2H3/t19-,20-,22+,23+,24-/m0/s1. The number of nitrogens with one attached hydrogen (secondary N) is 1. The fraction of sp³-hybridized carbons (Fsp3) is 0.462. The van der Waals surface area contributed by atoms with Gasteiger partial charge in [0.15, 0.2) is 5.78 Å². The lowest BCUT2D eigenvalue weighted by Crippen LogP contribution is -2.53. The summed E-state index contributed by atoms with van der Waals surface area (Å²) in [4.78, 5) is 26.6. The molecule has 10 heteroatoms. The Hall–Kier alpha value is -2.85. The number of rotatable bonds is 7. The van der Waals surface area contributed by atoms with E-state index in [0.29, 0.717) is 11.1 Å². The number of benzene rings is 2. The average Bonchev–Trinajstić information content (AvgIpc) is 3.36. The molecule has 0 aromatic heterocycles. The molecule has 0 unspecified atom stereocenters. The number of hydrogen-bond acceptors (Lipinski definition) is 4. The lowest BCUT2D eigenvalue weighted by atomic mass is 9.97. The van der Waals surface area contributed by atoms with Gasteiger partial charge in [-0.05, 0) is 41.2 Å². The predicted molar refractivity (Wildman–Crippen MR) is 122 cm³/mol. The number of ether oxygens (including phenoxy) is 1. The van der Waals surface area contributed by atoms with Crippen molar-refractivity contribution >= 4 is 11.7 Å². The monoisotopic (exact) mass is 510 g/mol. The van der Waals surface area contributed by atoms with Gasteiger partial charge < -0.3 is 9.64 Å². The minimum absolute atomic E-state index is 0.0545. The van der Waals surface area contributed by atoms with Gasteiger partial charge in [-0.2, -0.15) is 13.2 Å². The molecule has 1 amide bonds. The van der Waals surface area contributed by atoms with Crippen molar-refractivity contribution in [2.75, 3.05) is 13.2 Å². The van der Waals surface area contributed by atoms with Crippen LogP contribution in [-0.2, 0) is 14.3 Å². The number of fused-ring (bicyclic) bond motifs is 1. The summed E-state index contributed by atoms with van der Waals surface area (Å²) in [5.41, 5.74) is 1.13. The first-order chi connectivity index (χ1) is 17.0. The maximum Gasteiger partial charge on any atom is 0.407 e. The van der Waals surface area contributed by atoms with Crippen molar-refractivity contribution in [3.63, 3.8) is 0 Å². The maximum absolute atomic E-state index is 14.4. The molecule has 2 fully saturated rings. The summed E-state index contributed by atoms with van der Waals surface area (Å²) < 4.78 is 75.3. The van der Waals surface area contributed by atoms with E-state index in [9.17, 15) is 31.5 Å². The van der Waals surface area contributed by atoms with Crippen LogP contribution in [0.15, 0.2) is 48.5 Å². The lowest BCUT2D eigenvalue weighted by Gasteiger charge is -2.32. The summed E-state index contributed by atoms with van der Waals surface area (Å²) in [7, 11) is 0. The smallest absolute Gasteiger partial charge is 0.365 e. The molecule has 0 saturated carbocycles. The summed E-state index contributed by atoms with van der Waals surface area (Å²) in [6, 6.07) is 6.57. The van der Waals surface area contributed by atoms with Crippen LogP contribution in [0.4, 0.5) is 22.0 Å². The first kappa shape index (κ1) is 26.2. The third kappa shape index (κ3) is 5.44. The molecule has 2 aromatic carbocycles. The van der Waals surface area contributed by atoms with Crippen molar-refractivity contribution in [2.45, 2.75) is 56.8 Å². The van der Waals surface area contributed by atoms with Crippen molar-refractivity contribution in [1.29, 1.82) is 0 Å². The molecule has 2 aromatic rings. The van der Waals surface area contributed by atoms with Crippen LogP contribution in [0, 0.1) is 11.7 Å². The SMILES string of the molecule is CC(C)C[C@H](N[C@@H](c1ccc(-c2ccc(F)cc2)cc1)C(F)(F)F)C(=O)N1C[C@H](F)[C@H]2OCC(=O)[C@H]21. The summed E-state index contributed by atoms with van der Waals surface area (Å²) in [5.74, 6) is -1.79. The van der Waals surface area contributed by atoms with Crippen LogP contribution in [0.1, 0.15) is 31.9 Å². The van der Waals surface area contributed by atoms with Crippen LogP contribution in [0.2, 0.25) is 0 Å². The molecular formula is C26H27F5N2O3. The fourth-order valence-corrected chi connectivity index (χ4v) is 4.83. The van der Waals surface area contributed by atoms with Gasteiger partial charge in [0.05, 0.1) is 12.6 Å². The average molecular weight is 511 g/mol. The molecule has 0 bridgehead atoms. The summed E-state index contributed by atoms with van der Waals surface area (Å²) in [5, 5.41) is 2.45. The first-order valence-electron chi connectivity index (χ1n) is 11.7. The highest BCUT2D eigenvalue weighted by Gasteiger charge is 2.54. The second-order valence-electron chi connectivity index (χ2n) is 9.65. The molecule has 0 aliphatic carbocycles.